The van der Waals surface area contributed by atoms with E-state index in [0.717, 1.165) is 27.6 Å². The molecule has 0 radical (unpaired) electrons. The van der Waals surface area contributed by atoms with Gasteiger partial charge in [-0.15, -0.1) is 0 Å². The fourth-order valence-corrected chi connectivity index (χ4v) is 2.57. The lowest BCUT2D eigenvalue weighted by Gasteiger charge is -2.12. The molecule has 0 fully saturated rings. The summed E-state index contributed by atoms with van der Waals surface area (Å²) < 4.78 is 0. The first kappa shape index (κ1) is 13.1. The van der Waals surface area contributed by atoms with E-state index in [4.69, 9.17) is 17.3 Å². The zero-order chi connectivity index (χ0) is 14.1. The maximum absolute atomic E-state index is 6.37. The Morgan fingerprint density at radius 1 is 1.05 bits per heavy atom. The summed E-state index contributed by atoms with van der Waals surface area (Å²) in [5.74, 6) is 0. The summed E-state index contributed by atoms with van der Waals surface area (Å²) in [4.78, 5) is 4.48. The predicted molar refractivity (Wildman–Crippen MR) is 84.8 cm³/mol. The third kappa shape index (κ3) is 2.28. The van der Waals surface area contributed by atoms with Crippen molar-refractivity contribution in [2.24, 2.45) is 5.73 Å². The minimum atomic E-state index is -0.0195. The Bertz CT molecular complexity index is 761. The molecule has 0 saturated heterocycles. The summed E-state index contributed by atoms with van der Waals surface area (Å²) in [6.07, 6.45) is 1.80. The number of hydrogen-bond acceptors (Lipinski definition) is 2. The van der Waals surface area contributed by atoms with Gasteiger partial charge in [-0.25, -0.2) is 0 Å². The average molecular weight is 283 g/mol. The third-order valence-corrected chi connectivity index (χ3v) is 3.77. The Balaban J connectivity index is 2.28. The number of nitrogens with zero attached hydrogens (tertiary/aromatic N) is 1. The van der Waals surface area contributed by atoms with Crippen LogP contribution < -0.4 is 5.73 Å². The molecule has 0 bridgehead atoms. The number of hydrogen-bond donors (Lipinski definition) is 1. The Hall–Kier alpha value is -1.90. The van der Waals surface area contributed by atoms with Gasteiger partial charge in [0.2, 0.25) is 0 Å². The Kier molecular flexibility index (Phi) is 3.43. The minimum absolute atomic E-state index is 0.0195. The summed E-state index contributed by atoms with van der Waals surface area (Å²) >= 11 is 6.37. The van der Waals surface area contributed by atoms with Gasteiger partial charge in [-0.1, -0.05) is 41.9 Å². The van der Waals surface area contributed by atoms with Crippen LogP contribution in [0.2, 0.25) is 5.02 Å². The topological polar surface area (TPSA) is 38.9 Å². The van der Waals surface area contributed by atoms with Gasteiger partial charge in [0.15, 0.2) is 0 Å². The van der Waals surface area contributed by atoms with Crippen LogP contribution in [0.15, 0.2) is 54.7 Å². The summed E-state index contributed by atoms with van der Waals surface area (Å²) in [5, 5.41) is 1.82. The number of halogens is 1. The van der Waals surface area contributed by atoms with Crippen LogP contribution in [-0.2, 0) is 0 Å². The van der Waals surface area contributed by atoms with Crippen molar-refractivity contribution in [3.8, 4) is 11.1 Å². The van der Waals surface area contributed by atoms with Crippen LogP contribution in [0.5, 0.6) is 0 Å². The van der Waals surface area contributed by atoms with E-state index < -0.39 is 0 Å². The molecule has 0 aliphatic rings. The molecule has 3 heteroatoms. The maximum atomic E-state index is 6.37. The lowest BCUT2D eigenvalue weighted by molar-refractivity contribution is 0.819. The molecule has 20 heavy (non-hydrogen) atoms. The minimum Gasteiger partial charge on any atom is -0.324 e. The fourth-order valence-electron chi connectivity index (χ4n) is 2.35. The summed E-state index contributed by atoms with van der Waals surface area (Å²) in [6.45, 7) is 1.97. The molecular weight excluding hydrogens is 268 g/mol. The maximum Gasteiger partial charge on any atom is 0.0780 e. The van der Waals surface area contributed by atoms with Gasteiger partial charge in [-0.05, 0) is 30.7 Å². The first-order valence-electron chi connectivity index (χ1n) is 6.56. The lowest BCUT2D eigenvalue weighted by Crippen LogP contribution is -2.04. The molecule has 3 aromatic rings. The number of nitrogens with two attached hydrogens (primary N) is 1. The highest BCUT2D eigenvalue weighted by atomic mass is 35.5. The smallest absolute Gasteiger partial charge is 0.0780 e. The van der Waals surface area contributed by atoms with Crippen LogP contribution in [0, 0.1) is 0 Å². The van der Waals surface area contributed by atoms with Crippen molar-refractivity contribution in [2.75, 3.05) is 0 Å². The molecule has 1 atom stereocenters. The molecule has 2 aromatic carbocycles. The summed E-state index contributed by atoms with van der Waals surface area (Å²) in [5.41, 5.74) is 10.0. The molecule has 0 aliphatic heterocycles. The van der Waals surface area contributed by atoms with Gasteiger partial charge in [-0.2, -0.15) is 0 Å². The van der Waals surface area contributed by atoms with E-state index >= 15 is 0 Å². The normalized spacial score (nSPS) is 12.6. The quantitative estimate of drug-likeness (QED) is 0.747. The van der Waals surface area contributed by atoms with Gasteiger partial charge < -0.3 is 5.73 Å². The lowest BCUT2D eigenvalue weighted by atomic mass is 9.98. The van der Waals surface area contributed by atoms with Crippen LogP contribution in [0.4, 0.5) is 0 Å². The summed E-state index contributed by atoms with van der Waals surface area (Å²) in [6, 6.07) is 16.0. The number of aromatic nitrogens is 1. The van der Waals surface area contributed by atoms with Crippen LogP contribution >= 0.6 is 11.6 Å². The van der Waals surface area contributed by atoms with Crippen LogP contribution in [-0.4, -0.2) is 4.98 Å². The molecule has 0 saturated carbocycles. The van der Waals surface area contributed by atoms with E-state index in [9.17, 15) is 0 Å². The highest BCUT2D eigenvalue weighted by Crippen LogP contribution is 2.34. The number of fused-ring (bicyclic) bond motifs is 1. The molecule has 0 spiro atoms. The van der Waals surface area contributed by atoms with Gasteiger partial charge in [0.1, 0.15) is 0 Å². The van der Waals surface area contributed by atoms with Gasteiger partial charge >= 0.3 is 0 Å². The third-order valence-electron chi connectivity index (χ3n) is 3.44. The van der Waals surface area contributed by atoms with Crippen LogP contribution in [0.25, 0.3) is 22.0 Å². The van der Waals surface area contributed by atoms with Gasteiger partial charge in [-0.3, -0.25) is 4.98 Å². The van der Waals surface area contributed by atoms with Crippen molar-refractivity contribution < 1.29 is 0 Å². The van der Waals surface area contributed by atoms with Gasteiger partial charge in [0.05, 0.1) is 5.52 Å². The molecular formula is C17H15ClN2. The first-order valence-corrected chi connectivity index (χ1v) is 6.94. The fraction of sp³-hybridized carbons (Fsp3) is 0.118. The van der Waals surface area contributed by atoms with E-state index in [-0.39, 0.29) is 6.04 Å². The van der Waals surface area contributed by atoms with Crippen LogP contribution in [0.1, 0.15) is 18.5 Å². The monoisotopic (exact) mass is 282 g/mol. The van der Waals surface area contributed by atoms with E-state index in [1.807, 2.05) is 37.3 Å². The number of rotatable bonds is 2. The molecule has 2 N–H and O–H groups in total. The van der Waals surface area contributed by atoms with Crippen molar-refractivity contribution in [2.45, 2.75) is 13.0 Å². The Morgan fingerprint density at radius 2 is 1.85 bits per heavy atom. The number of pyridine rings is 1. The Labute approximate surface area is 123 Å². The van der Waals surface area contributed by atoms with Crippen molar-refractivity contribution in [3.05, 3.63) is 65.3 Å². The molecule has 0 aliphatic carbocycles. The van der Waals surface area contributed by atoms with Gasteiger partial charge in [0.25, 0.3) is 0 Å². The second-order valence-electron chi connectivity index (χ2n) is 4.91. The second kappa shape index (κ2) is 5.23. The van der Waals surface area contributed by atoms with Gasteiger partial charge in [0, 0.05) is 33.8 Å². The molecule has 1 aromatic heterocycles. The second-order valence-corrected chi connectivity index (χ2v) is 5.32. The zero-order valence-corrected chi connectivity index (χ0v) is 11.9. The molecule has 0 amide bonds. The van der Waals surface area contributed by atoms with E-state index in [2.05, 4.69) is 23.2 Å². The van der Waals surface area contributed by atoms with Crippen molar-refractivity contribution in [1.29, 1.82) is 0 Å². The molecule has 2 nitrogen and oxygen atoms in total. The first-order chi connectivity index (χ1) is 9.66. The van der Waals surface area contributed by atoms with E-state index in [0.29, 0.717) is 5.02 Å². The van der Waals surface area contributed by atoms with E-state index in [1.54, 1.807) is 6.20 Å². The Morgan fingerprint density at radius 3 is 2.65 bits per heavy atom. The largest absolute Gasteiger partial charge is 0.324 e. The van der Waals surface area contributed by atoms with Crippen LogP contribution in [0.3, 0.4) is 0 Å². The van der Waals surface area contributed by atoms with E-state index in [1.165, 1.54) is 0 Å². The standard InChI is InChI=1S/C17H15ClN2/c1-11(19)13-7-8-16(18)15(10-13)14-6-2-4-12-5-3-9-20-17(12)14/h2-11H,19H2,1H3. The molecule has 3 rings (SSSR count). The van der Waals surface area contributed by atoms with Crippen molar-refractivity contribution in [3.63, 3.8) is 0 Å². The molecule has 1 heterocycles. The highest BCUT2D eigenvalue weighted by molar-refractivity contribution is 6.33. The van der Waals surface area contributed by atoms with Crippen molar-refractivity contribution in [1.82, 2.24) is 4.98 Å². The highest BCUT2D eigenvalue weighted by Gasteiger charge is 2.10. The number of benzene rings is 2. The predicted octanol–water partition coefficient (Wildman–Crippen LogP) is 4.57. The summed E-state index contributed by atoms with van der Waals surface area (Å²) in [7, 11) is 0. The average Bonchev–Trinajstić information content (AvgIpc) is 2.47. The zero-order valence-electron chi connectivity index (χ0n) is 11.2. The SMILES string of the molecule is CC(N)c1ccc(Cl)c(-c2cccc3cccnc23)c1. The molecule has 1 unspecified atom stereocenters. The van der Waals surface area contributed by atoms with Crippen molar-refractivity contribution >= 4 is 22.5 Å². The number of para-hydroxylation sites is 1. The molecule has 100 valence electrons.